The van der Waals surface area contributed by atoms with Crippen molar-refractivity contribution in [2.75, 3.05) is 31.5 Å². The lowest BCUT2D eigenvalue weighted by Crippen LogP contribution is -2.22. The highest BCUT2D eigenvalue weighted by atomic mass is 19.1. The first kappa shape index (κ1) is 12.2. The summed E-state index contributed by atoms with van der Waals surface area (Å²) in [4.78, 5) is 6.07. The highest BCUT2D eigenvalue weighted by Gasteiger charge is 2.21. The van der Waals surface area contributed by atoms with Crippen LogP contribution in [0.4, 0.5) is 14.6 Å². The molecule has 0 spiro atoms. The molecule has 2 rings (SSSR count). The predicted octanol–water partition coefficient (Wildman–Crippen LogP) is 2.11. The zero-order chi connectivity index (χ0) is 12.3. The summed E-state index contributed by atoms with van der Waals surface area (Å²) in [5, 5.41) is 2.95. The Balaban J connectivity index is 1.86. The molecule has 94 valence electrons. The van der Waals surface area contributed by atoms with Crippen LogP contribution < -0.4 is 5.32 Å². The molecule has 1 unspecified atom stereocenters. The van der Waals surface area contributed by atoms with Crippen molar-refractivity contribution < 1.29 is 8.78 Å². The van der Waals surface area contributed by atoms with Crippen molar-refractivity contribution in [3.05, 3.63) is 23.9 Å². The van der Waals surface area contributed by atoms with E-state index in [0.717, 1.165) is 38.3 Å². The largest absolute Gasteiger partial charge is 0.367 e. The van der Waals surface area contributed by atoms with E-state index in [1.807, 2.05) is 0 Å². The number of hydrogen-bond acceptors (Lipinski definition) is 3. The van der Waals surface area contributed by atoms with Crippen LogP contribution in [0.5, 0.6) is 0 Å². The second-order valence-corrected chi connectivity index (χ2v) is 4.41. The van der Waals surface area contributed by atoms with Crippen molar-refractivity contribution in [1.82, 2.24) is 9.88 Å². The molecule has 2 heterocycles. The number of anilines is 1. The van der Waals surface area contributed by atoms with Gasteiger partial charge in [-0.15, -0.1) is 0 Å². The minimum Gasteiger partial charge on any atom is -0.367 e. The van der Waals surface area contributed by atoms with Crippen LogP contribution in [0.15, 0.2) is 12.3 Å². The van der Waals surface area contributed by atoms with Crippen LogP contribution in [0.3, 0.4) is 0 Å². The second kappa shape index (κ2) is 5.40. The normalized spacial score (nSPS) is 20.8. The van der Waals surface area contributed by atoms with Crippen LogP contribution in [0.25, 0.3) is 0 Å². The van der Waals surface area contributed by atoms with Crippen molar-refractivity contribution in [3.63, 3.8) is 0 Å². The first-order valence-corrected chi connectivity index (χ1v) is 5.96. The molecule has 1 aromatic heterocycles. The number of aromatic nitrogens is 1. The first-order chi connectivity index (χ1) is 8.19. The summed E-state index contributed by atoms with van der Waals surface area (Å²) >= 11 is 0. The smallest absolute Gasteiger partial charge is 0.168 e. The van der Waals surface area contributed by atoms with Gasteiger partial charge in [0.15, 0.2) is 11.6 Å². The van der Waals surface area contributed by atoms with Gasteiger partial charge in [-0.3, -0.25) is 0 Å². The zero-order valence-electron chi connectivity index (χ0n) is 9.92. The third-order valence-corrected chi connectivity index (χ3v) is 3.18. The molecule has 1 aromatic rings. The fourth-order valence-electron chi connectivity index (χ4n) is 2.15. The van der Waals surface area contributed by atoms with E-state index in [1.54, 1.807) is 0 Å². The van der Waals surface area contributed by atoms with Crippen LogP contribution in [-0.2, 0) is 0 Å². The number of halogens is 2. The lowest BCUT2D eigenvalue weighted by Gasteiger charge is -2.14. The Labute approximate surface area is 99.8 Å². The van der Waals surface area contributed by atoms with Gasteiger partial charge in [-0.2, -0.15) is 0 Å². The molecular formula is C12H17F2N3. The summed E-state index contributed by atoms with van der Waals surface area (Å²) in [5.41, 5.74) is 0. The third-order valence-electron chi connectivity index (χ3n) is 3.18. The Morgan fingerprint density at radius 1 is 1.53 bits per heavy atom. The number of nitrogens with one attached hydrogen (secondary N) is 1. The first-order valence-electron chi connectivity index (χ1n) is 5.96. The predicted molar refractivity (Wildman–Crippen MR) is 62.9 cm³/mol. The molecule has 0 aromatic carbocycles. The topological polar surface area (TPSA) is 28.2 Å². The van der Waals surface area contributed by atoms with Crippen LogP contribution >= 0.6 is 0 Å². The maximum Gasteiger partial charge on any atom is 0.168 e. The van der Waals surface area contributed by atoms with Gasteiger partial charge < -0.3 is 10.2 Å². The van der Waals surface area contributed by atoms with Gasteiger partial charge in [0.2, 0.25) is 0 Å². The quantitative estimate of drug-likeness (QED) is 0.875. The van der Waals surface area contributed by atoms with Crippen LogP contribution in [0, 0.1) is 17.6 Å². The van der Waals surface area contributed by atoms with E-state index < -0.39 is 11.6 Å². The Morgan fingerprint density at radius 2 is 2.35 bits per heavy atom. The van der Waals surface area contributed by atoms with Crippen molar-refractivity contribution >= 4 is 5.82 Å². The Bertz CT molecular complexity index is 384. The van der Waals surface area contributed by atoms with Crippen molar-refractivity contribution in [1.29, 1.82) is 0 Å². The molecule has 1 aliphatic heterocycles. The molecule has 1 atom stereocenters. The summed E-state index contributed by atoms with van der Waals surface area (Å²) in [6, 6.07) is 0.850. The Kier molecular flexibility index (Phi) is 3.89. The second-order valence-electron chi connectivity index (χ2n) is 4.41. The SMILES string of the molecule is CCN1CCC(CNc2ncc(F)cc2F)C1. The lowest BCUT2D eigenvalue weighted by atomic mass is 10.1. The van der Waals surface area contributed by atoms with E-state index in [4.69, 9.17) is 0 Å². The average molecular weight is 241 g/mol. The van der Waals surface area contributed by atoms with Crippen LogP contribution in [-0.4, -0.2) is 36.1 Å². The number of hydrogen-bond donors (Lipinski definition) is 1. The standard InChI is InChI=1S/C12H17F2N3/c1-2-17-4-3-9(8-17)6-15-12-11(14)5-10(13)7-16-12/h5,7,9H,2-4,6,8H2,1H3,(H,15,16). The van der Waals surface area contributed by atoms with E-state index in [0.29, 0.717) is 12.5 Å². The Morgan fingerprint density at radius 3 is 3.00 bits per heavy atom. The molecule has 0 saturated carbocycles. The van der Waals surface area contributed by atoms with Gasteiger partial charge in [-0.25, -0.2) is 13.8 Å². The molecule has 3 nitrogen and oxygen atoms in total. The maximum atomic E-state index is 13.3. The number of pyridine rings is 1. The number of nitrogens with zero attached hydrogens (tertiary/aromatic N) is 2. The minimum atomic E-state index is -0.647. The maximum absolute atomic E-state index is 13.3. The van der Waals surface area contributed by atoms with Gasteiger partial charge in [-0.1, -0.05) is 6.92 Å². The van der Waals surface area contributed by atoms with Gasteiger partial charge >= 0.3 is 0 Å². The molecule has 5 heteroatoms. The van der Waals surface area contributed by atoms with Crippen molar-refractivity contribution in [2.24, 2.45) is 5.92 Å². The third kappa shape index (κ3) is 3.12. The summed E-state index contributed by atoms with van der Waals surface area (Å²) in [6.45, 7) is 6.01. The summed E-state index contributed by atoms with van der Waals surface area (Å²) in [5.74, 6) is -0.621. The van der Waals surface area contributed by atoms with E-state index in [2.05, 4.69) is 22.1 Å². The summed E-state index contributed by atoms with van der Waals surface area (Å²) < 4.78 is 25.9. The van der Waals surface area contributed by atoms with Gasteiger partial charge in [0.05, 0.1) is 6.20 Å². The number of likely N-dealkylation sites (tertiary alicyclic amines) is 1. The summed E-state index contributed by atoms with van der Waals surface area (Å²) in [6.07, 6.45) is 2.14. The molecular weight excluding hydrogens is 224 g/mol. The highest BCUT2D eigenvalue weighted by molar-refractivity contribution is 5.35. The van der Waals surface area contributed by atoms with Crippen molar-refractivity contribution in [2.45, 2.75) is 13.3 Å². The highest BCUT2D eigenvalue weighted by Crippen LogP contribution is 2.17. The molecule has 0 amide bonds. The monoisotopic (exact) mass is 241 g/mol. The molecule has 0 bridgehead atoms. The van der Waals surface area contributed by atoms with Gasteiger partial charge in [0, 0.05) is 19.2 Å². The fraction of sp³-hybridized carbons (Fsp3) is 0.583. The zero-order valence-corrected chi connectivity index (χ0v) is 9.92. The summed E-state index contributed by atoms with van der Waals surface area (Å²) in [7, 11) is 0. The lowest BCUT2D eigenvalue weighted by molar-refractivity contribution is 0.345. The van der Waals surface area contributed by atoms with Crippen molar-refractivity contribution in [3.8, 4) is 0 Å². The molecule has 1 N–H and O–H groups in total. The molecule has 0 radical (unpaired) electrons. The van der Waals surface area contributed by atoms with Crippen LogP contribution in [0.1, 0.15) is 13.3 Å². The molecule has 1 fully saturated rings. The van der Waals surface area contributed by atoms with Crippen LogP contribution in [0.2, 0.25) is 0 Å². The Hall–Kier alpha value is -1.23. The van der Waals surface area contributed by atoms with E-state index >= 15 is 0 Å². The molecule has 1 aliphatic rings. The molecule has 17 heavy (non-hydrogen) atoms. The molecule has 0 aliphatic carbocycles. The number of rotatable bonds is 4. The van der Waals surface area contributed by atoms with E-state index in [-0.39, 0.29) is 5.82 Å². The molecule has 1 saturated heterocycles. The fourth-order valence-corrected chi connectivity index (χ4v) is 2.15. The van der Waals surface area contributed by atoms with Gasteiger partial charge in [0.25, 0.3) is 0 Å². The van der Waals surface area contributed by atoms with E-state index in [1.165, 1.54) is 0 Å². The van der Waals surface area contributed by atoms with Gasteiger partial charge in [-0.05, 0) is 25.4 Å². The van der Waals surface area contributed by atoms with E-state index in [9.17, 15) is 8.78 Å². The van der Waals surface area contributed by atoms with Gasteiger partial charge in [0.1, 0.15) is 5.82 Å². The minimum absolute atomic E-state index is 0.140. The average Bonchev–Trinajstić information content (AvgIpc) is 2.76.